The second kappa shape index (κ2) is 5.50. The van der Waals surface area contributed by atoms with E-state index in [1.807, 2.05) is 6.26 Å². The number of hydrogen-bond acceptors (Lipinski definition) is 5. The predicted molar refractivity (Wildman–Crippen MR) is 57.0 cm³/mol. The van der Waals surface area contributed by atoms with E-state index in [-0.39, 0.29) is 12.3 Å². The van der Waals surface area contributed by atoms with Crippen molar-refractivity contribution in [2.45, 2.75) is 11.9 Å². The minimum Gasteiger partial charge on any atom is -0.460 e. The van der Waals surface area contributed by atoms with Crippen LogP contribution in [0.15, 0.2) is 23.2 Å². The lowest BCUT2D eigenvalue weighted by atomic mass is 10.2. The molecule has 0 radical (unpaired) electrons. The summed E-state index contributed by atoms with van der Waals surface area (Å²) in [5.74, 6) is -1.56. The first-order chi connectivity index (χ1) is 7.19. The highest BCUT2D eigenvalue weighted by molar-refractivity contribution is 7.98. The number of Topliss-reactive ketones (excluding diaryl/α,β-unsaturated/α-hetero) is 1. The Kier molecular flexibility index (Phi) is 4.30. The lowest BCUT2D eigenvalue weighted by Gasteiger charge is -2.01. The Balaban J connectivity index is 2.86. The van der Waals surface area contributed by atoms with E-state index < -0.39 is 11.8 Å². The molecule has 1 aromatic heterocycles. The lowest BCUT2D eigenvalue weighted by molar-refractivity contribution is -0.137. The zero-order valence-electron chi connectivity index (χ0n) is 8.52. The van der Waals surface area contributed by atoms with Crippen molar-refractivity contribution in [3.8, 4) is 0 Å². The summed E-state index contributed by atoms with van der Waals surface area (Å²) in [5.41, 5.74) is 0.125. The molecule has 80 valence electrons. The fourth-order valence-corrected chi connectivity index (χ4v) is 1.36. The van der Waals surface area contributed by atoms with Crippen LogP contribution in [0.1, 0.15) is 17.4 Å². The number of pyridine rings is 1. The Morgan fingerprint density at radius 3 is 2.80 bits per heavy atom. The van der Waals surface area contributed by atoms with Gasteiger partial charge in [0.1, 0.15) is 5.69 Å². The summed E-state index contributed by atoms with van der Waals surface area (Å²) in [7, 11) is 0. The Hall–Kier alpha value is -1.36. The molecule has 0 unspecified atom stereocenters. The third-order valence-electron chi connectivity index (χ3n) is 1.63. The summed E-state index contributed by atoms with van der Waals surface area (Å²) < 4.78 is 4.60. The first-order valence-corrected chi connectivity index (χ1v) is 5.64. The molecule has 0 fully saturated rings. The summed E-state index contributed by atoms with van der Waals surface area (Å²) in [6.07, 6.45) is 1.85. The van der Waals surface area contributed by atoms with Gasteiger partial charge in [0.05, 0.1) is 11.6 Å². The average Bonchev–Trinajstić information content (AvgIpc) is 2.28. The molecule has 1 aromatic rings. The van der Waals surface area contributed by atoms with Crippen LogP contribution in [-0.2, 0) is 9.53 Å². The summed E-state index contributed by atoms with van der Waals surface area (Å²) in [6.45, 7) is 1.84. The molecule has 0 atom stereocenters. The number of nitrogens with zero attached hydrogens (tertiary/aromatic N) is 1. The molecule has 0 aromatic carbocycles. The van der Waals surface area contributed by atoms with Crippen LogP contribution in [0.4, 0.5) is 0 Å². The highest BCUT2D eigenvalue weighted by Crippen LogP contribution is 2.11. The maximum atomic E-state index is 11.5. The van der Waals surface area contributed by atoms with Crippen molar-refractivity contribution in [1.82, 2.24) is 4.98 Å². The molecule has 0 N–H and O–H groups in total. The van der Waals surface area contributed by atoms with Gasteiger partial charge in [-0.2, -0.15) is 0 Å². The van der Waals surface area contributed by atoms with Crippen LogP contribution >= 0.6 is 11.8 Å². The Morgan fingerprint density at radius 2 is 2.20 bits per heavy atom. The highest BCUT2D eigenvalue weighted by Gasteiger charge is 2.18. The van der Waals surface area contributed by atoms with Gasteiger partial charge in [0.2, 0.25) is 0 Å². The Bertz CT molecular complexity index is 379. The first-order valence-electron chi connectivity index (χ1n) is 4.41. The number of rotatable bonds is 4. The van der Waals surface area contributed by atoms with Gasteiger partial charge in [-0.25, -0.2) is 9.78 Å². The van der Waals surface area contributed by atoms with E-state index in [4.69, 9.17) is 0 Å². The van der Waals surface area contributed by atoms with Gasteiger partial charge in [0, 0.05) is 0 Å². The molecule has 0 aliphatic carbocycles. The monoisotopic (exact) mass is 225 g/mol. The molecule has 0 saturated heterocycles. The molecule has 4 nitrogen and oxygen atoms in total. The molecule has 15 heavy (non-hydrogen) atoms. The molecular weight excluding hydrogens is 214 g/mol. The standard InChI is InChI=1S/C10H11NO3S/c1-3-14-10(13)9(12)7-5-4-6-8(11-7)15-2/h4-6H,3H2,1-2H3. The SMILES string of the molecule is CCOC(=O)C(=O)c1cccc(SC)n1. The van der Waals surface area contributed by atoms with Gasteiger partial charge in [-0.05, 0) is 25.3 Å². The van der Waals surface area contributed by atoms with Gasteiger partial charge in [-0.3, -0.25) is 4.79 Å². The van der Waals surface area contributed by atoms with Crippen LogP contribution in [0.3, 0.4) is 0 Å². The average molecular weight is 225 g/mol. The zero-order chi connectivity index (χ0) is 11.3. The van der Waals surface area contributed by atoms with E-state index in [2.05, 4.69) is 9.72 Å². The van der Waals surface area contributed by atoms with Gasteiger partial charge < -0.3 is 4.74 Å². The minimum atomic E-state index is -0.858. The van der Waals surface area contributed by atoms with Gasteiger partial charge in [-0.1, -0.05) is 6.07 Å². The molecule has 1 rings (SSSR count). The Labute approximate surface area is 92.0 Å². The smallest absolute Gasteiger partial charge is 0.381 e. The number of aromatic nitrogens is 1. The molecule has 0 aliphatic rings. The third kappa shape index (κ3) is 3.06. The topological polar surface area (TPSA) is 56.3 Å². The van der Waals surface area contributed by atoms with Crippen LogP contribution in [0.2, 0.25) is 0 Å². The van der Waals surface area contributed by atoms with Crippen molar-refractivity contribution in [2.24, 2.45) is 0 Å². The largest absolute Gasteiger partial charge is 0.460 e. The summed E-state index contributed by atoms with van der Waals surface area (Å²) in [5, 5.41) is 0.699. The molecule has 0 amide bonds. The van der Waals surface area contributed by atoms with Crippen molar-refractivity contribution >= 4 is 23.5 Å². The van der Waals surface area contributed by atoms with Crippen LogP contribution in [0.25, 0.3) is 0 Å². The fourth-order valence-electron chi connectivity index (χ4n) is 0.956. The van der Waals surface area contributed by atoms with Crippen molar-refractivity contribution in [2.75, 3.05) is 12.9 Å². The van der Waals surface area contributed by atoms with Crippen LogP contribution < -0.4 is 0 Å². The van der Waals surface area contributed by atoms with E-state index >= 15 is 0 Å². The van der Waals surface area contributed by atoms with Crippen LogP contribution in [0, 0.1) is 0 Å². The van der Waals surface area contributed by atoms with E-state index in [0.29, 0.717) is 5.03 Å². The molecule has 0 bridgehead atoms. The molecule has 0 aliphatic heterocycles. The normalized spacial score (nSPS) is 9.73. The minimum absolute atomic E-state index is 0.125. The number of hydrogen-bond donors (Lipinski definition) is 0. The summed E-state index contributed by atoms with van der Waals surface area (Å²) in [6, 6.07) is 4.96. The van der Waals surface area contributed by atoms with Crippen molar-refractivity contribution in [1.29, 1.82) is 0 Å². The Morgan fingerprint density at radius 1 is 1.47 bits per heavy atom. The first kappa shape index (κ1) is 11.7. The number of ether oxygens (including phenoxy) is 1. The van der Waals surface area contributed by atoms with E-state index in [1.165, 1.54) is 17.8 Å². The highest BCUT2D eigenvalue weighted by atomic mass is 32.2. The van der Waals surface area contributed by atoms with Crippen molar-refractivity contribution in [3.63, 3.8) is 0 Å². The van der Waals surface area contributed by atoms with Gasteiger partial charge in [-0.15, -0.1) is 11.8 Å². The second-order valence-corrected chi connectivity index (χ2v) is 3.44. The number of thioether (sulfide) groups is 1. The van der Waals surface area contributed by atoms with E-state index in [9.17, 15) is 9.59 Å². The molecule has 0 saturated carbocycles. The zero-order valence-corrected chi connectivity index (χ0v) is 9.34. The number of esters is 1. The number of carbonyl (C=O) groups excluding carboxylic acids is 2. The lowest BCUT2D eigenvalue weighted by Crippen LogP contribution is -2.18. The fraction of sp³-hybridized carbons (Fsp3) is 0.300. The molecule has 0 spiro atoms. The van der Waals surface area contributed by atoms with Crippen LogP contribution in [-0.4, -0.2) is 29.6 Å². The van der Waals surface area contributed by atoms with E-state index in [0.717, 1.165) is 0 Å². The third-order valence-corrected chi connectivity index (χ3v) is 2.27. The molecule has 5 heteroatoms. The van der Waals surface area contributed by atoms with Gasteiger partial charge in [0.25, 0.3) is 5.78 Å². The summed E-state index contributed by atoms with van der Waals surface area (Å²) in [4.78, 5) is 26.6. The second-order valence-electron chi connectivity index (χ2n) is 2.61. The number of ketones is 1. The van der Waals surface area contributed by atoms with Crippen molar-refractivity contribution < 1.29 is 14.3 Å². The van der Waals surface area contributed by atoms with E-state index in [1.54, 1.807) is 19.1 Å². The predicted octanol–water partition coefficient (Wildman–Crippen LogP) is 1.55. The maximum Gasteiger partial charge on any atom is 0.381 e. The summed E-state index contributed by atoms with van der Waals surface area (Å²) >= 11 is 1.41. The van der Waals surface area contributed by atoms with Gasteiger partial charge >= 0.3 is 5.97 Å². The number of carbonyl (C=O) groups is 2. The maximum absolute atomic E-state index is 11.5. The van der Waals surface area contributed by atoms with Gasteiger partial charge in [0.15, 0.2) is 0 Å². The molecule has 1 heterocycles. The quantitative estimate of drug-likeness (QED) is 0.337. The van der Waals surface area contributed by atoms with Crippen molar-refractivity contribution in [3.05, 3.63) is 23.9 Å². The molecular formula is C10H11NO3S. The van der Waals surface area contributed by atoms with Crippen LogP contribution in [0.5, 0.6) is 0 Å².